The predicted octanol–water partition coefficient (Wildman–Crippen LogP) is 4.12. The molecule has 2 aromatic heterocycles. The van der Waals surface area contributed by atoms with E-state index in [-0.39, 0.29) is 31.8 Å². The lowest BCUT2D eigenvalue weighted by Gasteiger charge is -2.38. The summed E-state index contributed by atoms with van der Waals surface area (Å²) < 4.78 is 36.5. The highest BCUT2D eigenvalue weighted by Gasteiger charge is 2.52. The minimum absolute atomic E-state index is 0.0211. The number of unbranched alkanes of at least 4 members (excludes halogenated alkanes) is 1. The van der Waals surface area contributed by atoms with Crippen LogP contribution in [0.2, 0.25) is 5.02 Å². The number of nitrogens with zero attached hydrogens (tertiary/aromatic N) is 5. The number of carbonyl (C=O) groups excluding carboxylic acids is 2. The maximum atomic E-state index is 14.3. The number of nitrogens with one attached hydrogen (secondary N) is 1. The fourth-order valence-electron chi connectivity index (χ4n) is 6.38. The number of ether oxygens (including phenoxy) is 4. The number of pyridine rings is 1. The first-order valence-electron chi connectivity index (χ1n) is 16.7. The minimum Gasteiger partial charge on any atom is -0.377 e. The average molecular weight is 699 g/mol. The van der Waals surface area contributed by atoms with Gasteiger partial charge in [0.25, 0.3) is 0 Å². The molecule has 0 bridgehead atoms. The number of alkyl halides is 1. The Morgan fingerprint density at radius 3 is 2.45 bits per heavy atom. The number of amides is 3. The third-order valence-corrected chi connectivity index (χ3v) is 9.08. The minimum atomic E-state index is -0.757. The first-order chi connectivity index (χ1) is 24.0. The molecule has 2 aliphatic heterocycles. The van der Waals surface area contributed by atoms with Crippen LogP contribution in [0.1, 0.15) is 37.1 Å². The van der Waals surface area contributed by atoms with Gasteiger partial charge in [-0.1, -0.05) is 17.5 Å². The number of anilines is 1. The molecule has 1 saturated heterocycles. The molecule has 12 nitrogen and oxygen atoms in total. The Kier molecular flexibility index (Phi) is 13.6. The molecular formula is C35H44ClFN6O6. The van der Waals surface area contributed by atoms with Crippen molar-refractivity contribution in [1.82, 2.24) is 24.8 Å². The largest absolute Gasteiger partial charge is 0.377 e. The van der Waals surface area contributed by atoms with Crippen LogP contribution in [0.5, 0.6) is 0 Å². The lowest BCUT2D eigenvalue weighted by molar-refractivity contribution is -0.124. The van der Waals surface area contributed by atoms with Crippen molar-refractivity contribution < 1.29 is 32.9 Å². The van der Waals surface area contributed by atoms with Gasteiger partial charge in [-0.15, -0.1) is 6.42 Å². The van der Waals surface area contributed by atoms with Gasteiger partial charge in [0.15, 0.2) is 0 Å². The Bertz CT molecular complexity index is 1590. The van der Waals surface area contributed by atoms with E-state index in [1.807, 2.05) is 18.2 Å². The summed E-state index contributed by atoms with van der Waals surface area (Å²) in [5, 5.41) is 3.49. The van der Waals surface area contributed by atoms with Crippen molar-refractivity contribution in [3.63, 3.8) is 0 Å². The lowest BCUT2D eigenvalue weighted by atomic mass is 9.74. The number of likely N-dealkylation sites (tertiary alicyclic amines) is 1. The molecule has 14 heteroatoms. The van der Waals surface area contributed by atoms with Gasteiger partial charge in [0.05, 0.1) is 87.8 Å². The maximum absolute atomic E-state index is 14.3. The molecule has 3 amide bonds. The number of halogens is 2. The topological polar surface area (TPSA) is 120 Å². The monoisotopic (exact) mass is 698 g/mol. The van der Waals surface area contributed by atoms with E-state index in [0.29, 0.717) is 109 Å². The Balaban J connectivity index is 1.09. The summed E-state index contributed by atoms with van der Waals surface area (Å²) in [5.74, 6) is 3.08. The number of aromatic nitrogens is 3. The summed E-state index contributed by atoms with van der Waals surface area (Å²) in [6.07, 6.45) is 10.6. The molecule has 0 saturated carbocycles. The molecule has 1 aromatic carbocycles. The Labute approximate surface area is 291 Å². The number of benzene rings is 1. The van der Waals surface area contributed by atoms with Gasteiger partial charge in [0.1, 0.15) is 12.4 Å². The number of rotatable bonds is 19. The van der Waals surface area contributed by atoms with Crippen LogP contribution >= 0.6 is 11.6 Å². The first kappa shape index (κ1) is 36.5. The summed E-state index contributed by atoms with van der Waals surface area (Å²) in [7, 11) is 0. The average Bonchev–Trinajstić information content (AvgIpc) is 3.56. The van der Waals surface area contributed by atoms with Crippen molar-refractivity contribution in [2.24, 2.45) is 0 Å². The zero-order chi connectivity index (χ0) is 34.5. The number of urea groups is 1. The number of imidazole rings is 1. The summed E-state index contributed by atoms with van der Waals surface area (Å²) >= 11 is 6.26. The molecule has 1 fully saturated rings. The molecule has 0 aliphatic carbocycles. The number of piperidine rings is 1. The third kappa shape index (κ3) is 9.06. The number of fused-ring (bicyclic) bond motifs is 3. The van der Waals surface area contributed by atoms with E-state index in [9.17, 15) is 14.0 Å². The molecule has 264 valence electrons. The molecular weight excluding hydrogens is 655 g/mol. The summed E-state index contributed by atoms with van der Waals surface area (Å²) in [6.45, 7) is 4.94. The molecule has 0 atom stereocenters. The second-order valence-electron chi connectivity index (χ2n) is 11.9. The van der Waals surface area contributed by atoms with Crippen molar-refractivity contribution in [3.05, 3.63) is 53.1 Å². The summed E-state index contributed by atoms with van der Waals surface area (Å²) in [4.78, 5) is 40.0. The highest BCUT2D eigenvalue weighted by molar-refractivity contribution is 6.31. The molecule has 1 spiro atoms. The smallest absolute Gasteiger partial charge is 0.317 e. The van der Waals surface area contributed by atoms with Crippen LogP contribution in [0, 0.1) is 12.3 Å². The maximum Gasteiger partial charge on any atom is 0.317 e. The van der Waals surface area contributed by atoms with Crippen molar-refractivity contribution in [2.45, 2.75) is 44.2 Å². The normalized spacial score (nSPS) is 15.2. The van der Waals surface area contributed by atoms with Crippen LogP contribution in [0.15, 0.2) is 36.7 Å². The molecule has 0 unspecified atom stereocenters. The van der Waals surface area contributed by atoms with Crippen molar-refractivity contribution in [1.29, 1.82) is 0 Å². The van der Waals surface area contributed by atoms with Gasteiger partial charge >= 0.3 is 6.03 Å². The molecule has 49 heavy (non-hydrogen) atoms. The number of hydrogen-bond donors (Lipinski definition) is 1. The first-order valence-corrected chi connectivity index (χ1v) is 17.1. The zero-order valence-electron chi connectivity index (χ0n) is 27.7. The number of terminal acetylenes is 1. The van der Waals surface area contributed by atoms with Crippen LogP contribution in [0.3, 0.4) is 0 Å². The van der Waals surface area contributed by atoms with Crippen LogP contribution in [0.4, 0.5) is 14.9 Å². The van der Waals surface area contributed by atoms with E-state index in [2.05, 4.69) is 20.8 Å². The van der Waals surface area contributed by atoms with E-state index < -0.39 is 5.41 Å². The standard InChI is InChI=1S/C35H44ClFN6O6/c1-2-16-46-18-20-48-22-23-49-21-19-47-17-12-39-34(45)41-14-8-35(9-15-41)28-7-11-38-25-31(28)43(33(35)44)26-32-40-29-24-27(36)5-6-30(29)42(32)13-4-3-10-37/h1,5-7,11,24-25H,3-4,8-10,12-23,26H2,(H,39,45). The molecule has 0 radical (unpaired) electrons. The van der Waals surface area contributed by atoms with Gasteiger partial charge in [0.2, 0.25) is 5.91 Å². The van der Waals surface area contributed by atoms with Gasteiger partial charge in [0, 0.05) is 37.4 Å². The number of hydrogen-bond acceptors (Lipinski definition) is 8. The Hall–Kier alpha value is -3.80. The van der Waals surface area contributed by atoms with Gasteiger partial charge in [-0.2, -0.15) is 0 Å². The Morgan fingerprint density at radius 2 is 1.73 bits per heavy atom. The number of carbonyl (C=O) groups is 2. The van der Waals surface area contributed by atoms with Crippen LogP contribution in [0.25, 0.3) is 11.0 Å². The number of aryl methyl sites for hydroxylation is 1. The van der Waals surface area contributed by atoms with Gasteiger partial charge in [-0.25, -0.2) is 9.78 Å². The van der Waals surface area contributed by atoms with E-state index in [0.717, 1.165) is 22.3 Å². The van der Waals surface area contributed by atoms with Gasteiger partial charge in [-0.05, 0) is 55.5 Å². The molecule has 3 aromatic rings. The Morgan fingerprint density at radius 1 is 1.02 bits per heavy atom. The highest BCUT2D eigenvalue weighted by Crippen LogP contribution is 2.48. The molecule has 5 rings (SSSR count). The third-order valence-electron chi connectivity index (χ3n) is 8.84. The SMILES string of the molecule is C#CCOCCOCCOCCOCCNC(=O)N1CCC2(CC1)C(=O)N(Cc1nc3cc(Cl)ccc3n1CCCCF)c1cnccc12. The van der Waals surface area contributed by atoms with Gasteiger partial charge in [-0.3, -0.25) is 14.2 Å². The molecule has 4 heterocycles. The second kappa shape index (κ2) is 18.3. The van der Waals surface area contributed by atoms with Crippen LogP contribution < -0.4 is 10.2 Å². The molecule has 2 aliphatic rings. The lowest BCUT2D eigenvalue weighted by Crippen LogP contribution is -2.52. The van der Waals surface area contributed by atoms with Crippen LogP contribution in [-0.2, 0) is 42.2 Å². The summed E-state index contributed by atoms with van der Waals surface area (Å²) in [6, 6.07) is 7.26. The van der Waals surface area contributed by atoms with E-state index in [1.165, 1.54) is 0 Å². The van der Waals surface area contributed by atoms with E-state index in [4.69, 9.17) is 42.0 Å². The van der Waals surface area contributed by atoms with E-state index in [1.54, 1.807) is 28.3 Å². The predicted molar refractivity (Wildman–Crippen MR) is 183 cm³/mol. The van der Waals surface area contributed by atoms with Crippen molar-refractivity contribution in [2.75, 3.05) is 84.1 Å². The van der Waals surface area contributed by atoms with E-state index >= 15 is 0 Å². The second-order valence-corrected chi connectivity index (χ2v) is 12.3. The zero-order valence-corrected chi connectivity index (χ0v) is 28.5. The van der Waals surface area contributed by atoms with Crippen molar-refractivity contribution in [3.8, 4) is 12.3 Å². The van der Waals surface area contributed by atoms with Crippen LogP contribution in [-0.4, -0.2) is 111 Å². The quantitative estimate of drug-likeness (QED) is 0.147. The molecule has 1 N–H and O–H groups in total. The highest BCUT2D eigenvalue weighted by atomic mass is 35.5. The fourth-order valence-corrected chi connectivity index (χ4v) is 6.55. The summed E-state index contributed by atoms with van der Waals surface area (Å²) in [5.41, 5.74) is 2.55. The fraction of sp³-hybridized carbons (Fsp3) is 0.543. The van der Waals surface area contributed by atoms with Gasteiger partial charge < -0.3 is 38.6 Å². The van der Waals surface area contributed by atoms with Crippen molar-refractivity contribution >= 4 is 40.3 Å².